The number of aromatic nitrogens is 7. The number of carboxylic acid groups (broad SMARTS) is 1. The molecule has 15 rings (SSSR count). The molecular formula is C89H81BrF2N10O21+2. The first-order valence-electron chi connectivity index (χ1n) is 36.1. The van der Waals surface area contributed by atoms with Crippen LogP contribution < -0.4 is 20.6 Å². The Bertz CT molecular complexity index is 6200. The van der Waals surface area contributed by atoms with Gasteiger partial charge in [-0.3, -0.25) is 35.0 Å². The van der Waals surface area contributed by atoms with E-state index in [0.717, 1.165) is 56.1 Å². The number of aliphatic hydroxyl groups excluding tert-OH is 3. The van der Waals surface area contributed by atoms with Crippen LogP contribution in [0.2, 0.25) is 0 Å². The third kappa shape index (κ3) is 26.1. The fourth-order valence-electron chi connectivity index (χ4n) is 11.3. The molecule has 8 N–H and O–H groups in total. The van der Waals surface area contributed by atoms with Crippen molar-refractivity contribution in [3.63, 3.8) is 0 Å². The van der Waals surface area contributed by atoms with Gasteiger partial charge in [-0.15, -0.1) is 0 Å². The fraction of sp³-hybridized carbons (Fsp3) is 0.135. The molecule has 0 spiro atoms. The summed E-state index contributed by atoms with van der Waals surface area (Å²) in [6, 6.07) is 58.0. The van der Waals surface area contributed by atoms with Gasteiger partial charge in [0.1, 0.15) is 31.8 Å². The van der Waals surface area contributed by atoms with E-state index in [2.05, 4.69) is 69.3 Å². The Hall–Kier alpha value is -15.4. The Labute approximate surface area is 708 Å². The second-order valence-electron chi connectivity index (χ2n) is 25.2. The molecule has 0 aliphatic rings. The van der Waals surface area contributed by atoms with Crippen molar-refractivity contribution in [2.24, 2.45) is 14.1 Å². The van der Waals surface area contributed by atoms with Crippen LogP contribution in [0.5, 0.6) is 0 Å². The number of halogens is 3. The summed E-state index contributed by atoms with van der Waals surface area (Å²) in [5.41, 5.74) is 20.4. The van der Waals surface area contributed by atoms with Gasteiger partial charge in [-0.1, -0.05) is 54.6 Å². The number of aliphatic hydroxyl groups is 3. The van der Waals surface area contributed by atoms with Crippen LogP contribution in [0.4, 0.5) is 25.8 Å². The molecule has 0 unspecified atom stereocenters. The molecule has 15 aromatic rings. The van der Waals surface area contributed by atoms with E-state index in [1.165, 1.54) is 86.3 Å². The highest BCUT2D eigenvalue weighted by atomic mass is 79.9. The van der Waals surface area contributed by atoms with Crippen LogP contribution in [0, 0.1) is 21.7 Å². The highest BCUT2D eigenvalue weighted by Gasteiger charge is 2.22. The second-order valence-corrected chi connectivity index (χ2v) is 26.0. The number of hydrogen-bond donors (Lipinski definition) is 6. The summed E-state index contributed by atoms with van der Waals surface area (Å²) in [6.07, 6.45) is 9.57. The molecule has 0 aliphatic heterocycles. The summed E-state index contributed by atoms with van der Waals surface area (Å²) < 4.78 is 62.9. The number of pyridine rings is 7. The number of nitro groups is 1. The minimum Gasteiger partial charge on any atom is -0.478 e. The number of methoxy groups -OCH3 is 7. The first-order chi connectivity index (χ1) is 59.0. The summed E-state index contributed by atoms with van der Waals surface area (Å²) in [6.45, 7) is -0.729. The van der Waals surface area contributed by atoms with Gasteiger partial charge >= 0.3 is 53.4 Å². The number of nitrogens with two attached hydrogens (primary N) is 2. The Balaban J connectivity index is 0.000000192. The number of carbonyl (C=O) groups excluding carboxylic acids is 7. The zero-order valence-corrected chi connectivity index (χ0v) is 68.8. The number of carbonyl (C=O) groups is 8. The molecule has 0 amide bonds. The number of esters is 7. The van der Waals surface area contributed by atoms with Gasteiger partial charge in [-0.05, 0) is 143 Å². The molecule has 0 aliphatic carbocycles. The van der Waals surface area contributed by atoms with Gasteiger partial charge in [0.15, 0.2) is 6.20 Å². The molecule has 632 valence electrons. The van der Waals surface area contributed by atoms with E-state index in [1.54, 1.807) is 145 Å². The summed E-state index contributed by atoms with van der Waals surface area (Å²) in [5, 5.41) is 48.1. The molecule has 34 heteroatoms. The standard InChI is InChI=1S/C12H11N2O4.C12H12NO2.C11H7BrFNO2.C11H8FNO2.C11H10N2O2.2C11H9NO2.C7H7NO2.C3H8O3/c1-13-7-8(14(16)17)6-10-9(12(15)18-2)4-3-5-11(10)13;1-13-8-4-6-9-10(12(14)15-2)5-3-7-11(9)13;1-16-11(15)7-2-3-9(12)10-8(7)4-6(13)5-14-10;2*1-15-11(14)8-3-2-4-10-9(8)5-7(12)6-13-10;1-14-11(13)9-4-2-6-10-8(9)5-3-7-12-10;1-14-11(13)9-5-4-8-3-2-6-12-10(8)7-9;8-6-3-1-2-5(4-6)7(9)10;4-1-3(6)2-5/h3-7H,1-2H3;3-8H,1-2H3;2-5H,1H3;2-6H,1H3;2-6H,12H2,1H3;2*2-7H,1H3;1-4H,8H2,(H,9,10);3-6H,1-2H2/q2*+1;;;;;;;. The predicted octanol–water partition coefficient (Wildman–Crippen LogP) is 12.8. The molecule has 8 aromatic carbocycles. The lowest BCUT2D eigenvalue weighted by Gasteiger charge is -2.05. The monoisotopic (exact) mass is 1740 g/mol. The highest BCUT2D eigenvalue weighted by Crippen LogP contribution is 2.28. The fourth-order valence-corrected chi connectivity index (χ4v) is 11.7. The molecule has 0 saturated carbocycles. The summed E-state index contributed by atoms with van der Waals surface area (Å²) in [4.78, 5) is 121. The van der Waals surface area contributed by atoms with Gasteiger partial charge < -0.3 is 65.1 Å². The van der Waals surface area contributed by atoms with Crippen LogP contribution in [-0.4, -0.2) is 167 Å². The van der Waals surface area contributed by atoms with E-state index in [0.29, 0.717) is 87.4 Å². The van der Waals surface area contributed by atoms with Gasteiger partial charge in [0.2, 0.25) is 17.2 Å². The number of anilines is 2. The minimum absolute atomic E-state index is 0.0682. The Morgan fingerprint density at radius 1 is 0.431 bits per heavy atom. The van der Waals surface area contributed by atoms with Crippen molar-refractivity contribution in [3.8, 4) is 0 Å². The molecule has 0 radical (unpaired) electrons. The largest absolute Gasteiger partial charge is 0.478 e. The number of carboxylic acids is 1. The summed E-state index contributed by atoms with van der Waals surface area (Å²) in [7, 11) is 13.0. The first kappa shape index (κ1) is 94.8. The van der Waals surface area contributed by atoms with E-state index in [9.17, 15) is 57.3 Å². The van der Waals surface area contributed by atoms with E-state index in [1.807, 2.05) is 78.5 Å². The topological polar surface area (TPSA) is 449 Å². The van der Waals surface area contributed by atoms with Crippen LogP contribution in [-0.2, 0) is 47.3 Å². The predicted molar refractivity (Wildman–Crippen MR) is 455 cm³/mol. The number of aromatic carboxylic acids is 1. The normalized spacial score (nSPS) is 10.1. The molecule has 31 nitrogen and oxygen atoms in total. The smallest absolute Gasteiger partial charge is 0.338 e. The lowest BCUT2D eigenvalue weighted by atomic mass is 10.1. The van der Waals surface area contributed by atoms with E-state index < -0.39 is 46.5 Å². The zero-order chi connectivity index (χ0) is 90.0. The number of rotatable bonds is 11. The van der Waals surface area contributed by atoms with Crippen LogP contribution >= 0.6 is 15.9 Å². The number of hydrogen-bond acceptors (Lipinski definition) is 27. The lowest BCUT2D eigenvalue weighted by Crippen LogP contribution is -2.29. The van der Waals surface area contributed by atoms with Crippen molar-refractivity contribution in [1.29, 1.82) is 0 Å². The van der Waals surface area contributed by atoms with E-state index >= 15 is 0 Å². The van der Waals surface area contributed by atoms with Gasteiger partial charge in [-0.2, -0.15) is 4.57 Å². The lowest BCUT2D eigenvalue weighted by molar-refractivity contribution is -0.648. The minimum atomic E-state index is -0.954. The Kier molecular flexibility index (Phi) is 36.0. The first-order valence-corrected chi connectivity index (χ1v) is 36.9. The van der Waals surface area contributed by atoms with Crippen LogP contribution in [0.25, 0.3) is 76.3 Å². The average molecular weight is 1740 g/mol. The zero-order valence-electron chi connectivity index (χ0n) is 67.3. The number of nitrogen functional groups attached to an aromatic ring is 2. The molecule has 7 heterocycles. The number of fused-ring (bicyclic) bond motifs is 7. The van der Waals surface area contributed by atoms with Crippen LogP contribution in [0.3, 0.4) is 0 Å². The van der Waals surface area contributed by atoms with Gasteiger partial charge in [0, 0.05) is 73.8 Å². The number of aryl methyl sites for hydroxylation is 2. The van der Waals surface area contributed by atoms with Crippen molar-refractivity contribution in [2.75, 3.05) is 74.4 Å². The second kappa shape index (κ2) is 46.7. The van der Waals surface area contributed by atoms with Crippen molar-refractivity contribution in [2.45, 2.75) is 6.10 Å². The van der Waals surface area contributed by atoms with Gasteiger partial charge in [0.05, 0.1) is 175 Å². The van der Waals surface area contributed by atoms with Gasteiger partial charge in [0.25, 0.3) is 0 Å². The van der Waals surface area contributed by atoms with Crippen LogP contribution in [0.15, 0.2) is 254 Å². The Morgan fingerprint density at radius 2 is 0.870 bits per heavy atom. The van der Waals surface area contributed by atoms with Crippen molar-refractivity contribution in [3.05, 3.63) is 320 Å². The molecular weight excluding hydrogens is 1660 g/mol. The summed E-state index contributed by atoms with van der Waals surface area (Å²) >= 11 is 3.29. The SMILES string of the molecule is COC(=O)c1ccc(Br)c2ncc(F)cc12.COC(=O)c1ccc2cccnc2c1.COC(=O)c1cccc2c1cc([N+](=O)[O-])c[n+]2C.COC(=O)c1cccc2c1ccc[n+]2C.COC(=O)c1cccc2ncc(F)cc12.COC(=O)c1cccc2ncc(N)cc12.COC(=O)c1cccc2ncccc12.Nc1cccc(C(=O)O)c1.OCC(O)CO. The highest BCUT2D eigenvalue weighted by molar-refractivity contribution is 9.10. The number of ether oxygens (including phenoxy) is 7. The quantitative estimate of drug-likeness (QED) is 0.0175. The maximum Gasteiger partial charge on any atom is 0.338 e. The van der Waals surface area contributed by atoms with Crippen molar-refractivity contribution in [1.82, 2.24) is 24.9 Å². The van der Waals surface area contributed by atoms with E-state index in [-0.39, 0.29) is 48.3 Å². The van der Waals surface area contributed by atoms with Crippen LogP contribution in [0.1, 0.15) is 82.9 Å². The maximum atomic E-state index is 13.1. The molecule has 0 fully saturated rings. The third-order valence-electron chi connectivity index (χ3n) is 17.2. The van der Waals surface area contributed by atoms with Crippen molar-refractivity contribution < 1.29 is 115 Å². The Morgan fingerprint density at radius 3 is 1.37 bits per heavy atom. The number of nitrogens with zero attached hydrogens (tertiary/aromatic N) is 8. The summed E-state index contributed by atoms with van der Waals surface area (Å²) in [5.74, 6) is -4.78. The number of benzene rings is 8. The third-order valence-corrected chi connectivity index (χ3v) is 17.8. The van der Waals surface area contributed by atoms with E-state index in [4.69, 9.17) is 36.6 Å². The van der Waals surface area contributed by atoms with Crippen molar-refractivity contribution >= 4 is 157 Å². The molecule has 0 saturated heterocycles. The van der Waals surface area contributed by atoms with Gasteiger partial charge in [-0.25, -0.2) is 51.7 Å². The maximum absolute atomic E-state index is 13.1. The molecule has 123 heavy (non-hydrogen) atoms. The molecule has 7 aromatic heterocycles. The molecule has 0 bridgehead atoms. The molecule has 0 atom stereocenters. The average Bonchev–Trinajstić information content (AvgIpc) is 0.776.